The highest BCUT2D eigenvalue weighted by Gasteiger charge is 2.46. The van der Waals surface area contributed by atoms with Crippen molar-refractivity contribution in [2.75, 3.05) is 0 Å². The van der Waals surface area contributed by atoms with E-state index < -0.39 is 11.6 Å². The van der Waals surface area contributed by atoms with Crippen molar-refractivity contribution >= 4 is 5.91 Å². The largest absolute Gasteiger partial charge is 0.335 e. The van der Waals surface area contributed by atoms with Crippen molar-refractivity contribution in [3.63, 3.8) is 0 Å². The Morgan fingerprint density at radius 1 is 1.14 bits per heavy atom. The Bertz CT molecular complexity index is 599. The van der Waals surface area contributed by atoms with Crippen LogP contribution in [0.2, 0.25) is 0 Å². The summed E-state index contributed by atoms with van der Waals surface area (Å²) in [6.45, 7) is 0.281. The third kappa shape index (κ3) is 2.53. The van der Waals surface area contributed by atoms with Gasteiger partial charge < -0.3 is 4.90 Å². The Hall–Kier alpha value is -1.45. The van der Waals surface area contributed by atoms with Gasteiger partial charge in [0.2, 0.25) is 5.91 Å². The second-order valence-electron chi connectivity index (χ2n) is 7.21. The predicted octanol–water partition coefficient (Wildman–Crippen LogP) is 3.89. The van der Waals surface area contributed by atoms with Gasteiger partial charge in [0, 0.05) is 30.1 Å². The monoisotopic (exact) mass is 305 g/mol. The fourth-order valence-electron chi connectivity index (χ4n) is 4.37. The van der Waals surface area contributed by atoms with Crippen LogP contribution in [0.4, 0.5) is 8.78 Å². The maximum atomic E-state index is 13.9. The van der Waals surface area contributed by atoms with Crippen molar-refractivity contribution in [3.05, 3.63) is 35.4 Å². The molecule has 0 radical (unpaired) electrons. The first-order valence-electron chi connectivity index (χ1n) is 8.36. The highest BCUT2D eigenvalue weighted by atomic mass is 19.1. The molecule has 3 saturated carbocycles. The van der Waals surface area contributed by atoms with Crippen molar-refractivity contribution in [3.8, 4) is 0 Å². The summed E-state index contributed by atoms with van der Waals surface area (Å²) in [7, 11) is 0. The van der Waals surface area contributed by atoms with E-state index in [1.54, 1.807) is 0 Å². The summed E-state index contributed by atoms with van der Waals surface area (Å²) >= 11 is 0. The summed E-state index contributed by atoms with van der Waals surface area (Å²) in [6.07, 6.45) is 6.66. The summed E-state index contributed by atoms with van der Waals surface area (Å²) in [4.78, 5) is 14.8. The Morgan fingerprint density at radius 2 is 1.95 bits per heavy atom. The summed E-state index contributed by atoms with van der Waals surface area (Å²) in [5, 5.41) is 0. The van der Waals surface area contributed by atoms with E-state index in [1.807, 2.05) is 4.90 Å². The van der Waals surface area contributed by atoms with Gasteiger partial charge in [-0.05, 0) is 50.0 Å². The van der Waals surface area contributed by atoms with Crippen LogP contribution in [0.3, 0.4) is 0 Å². The van der Waals surface area contributed by atoms with Crippen molar-refractivity contribution in [2.24, 2.45) is 17.8 Å². The Kier molecular flexibility index (Phi) is 3.43. The lowest BCUT2D eigenvalue weighted by atomic mass is 9.87. The molecule has 3 unspecified atom stereocenters. The van der Waals surface area contributed by atoms with Gasteiger partial charge in [-0.25, -0.2) is 8.78 Å². The molecule has 4 heteroatoms. The van der Waals surface area contributed by atoms with Crippen LogP contribution in [-0.2, 0) is 11.3 Å². The van der Waals surface area contributed by atoms with Crippen LogP contribution in [0, 0.1) is 29.4 Å². The molecule has 3 fully saturated rings. The minimum Gasteiger partial charge on any atom is -0.335 e. The quantitative estimate of drug-likeness (QED) is 0.826. The molecule has 1 aromatic carbocycles. The fourth-order valence-corrected chi connectivity index (χ4v) is 4.37. The smallest absolute Gasteiger partial charge is 0.226 e. The molecule has 3 atom stereocenters. The van der Waals surface area contributed by atoms with Gasteiger partial charge in [0.1, 0.15) is 11.6 Å². The molecule has 0 aliphatic heterocycles. The highest BCUT2D eigenvalue weighted by molar-refractivity contribution is 5.80. The molecule has 0 saturated heterocycles. The van der Waals surface area contributed by atoms with E-state index in [9.17, 15) is 13.6 Å². The molecule has 4 rings (SSSR count). The molecule has 22 heavy (non-hydrogen) atoms. The molecule has 2 bridgehead atoms. The molecule has 2 nitrogen and oxygen atoms in total. The molecule has 1 amide bonds. The third-order valence-corrected chi connectivity index (χ3v) is 5.68. The Balaban J connectivity index is 1.52. The topological polar surface area (TPSA) is 20.3 Å². The van der Waals surface area contributed by atoms with Crippen LogP contribution < -0.4 is 0 Å². The van der Waals surface area contributed by atoms with Crippen LogP contribution >= 0.6 is 0 Å². The number of benzene rings is 1. The number of carbonyl (C=O) groups excluding carboxylic acids is 1. The lowest BCUT2D eigenvalue weighted by Crippen LogP contribution is -2.39. The number of halogens is 2. The highest BCUT2D eigenvalue weighted by Crippen LogP contribution is 2.49. The molecule has 118 valence electrons. The lowest BCUT2D eigenvalue weighted by molar-refractivity contribution is -0.138. The van der Waals surface area contributed by atoms with E-state index in [2.05, 4.69) is 0 Å². The first-order chi connectivity index (χ1) is 10.6. The minimum absolute atomic E-state index is 0.142. The summed E-state index contributed by atoms with van der Waals surface area (Å²) in [5.74, 6) is 0.491. The number of rotatable bonds is 4. The summed E-state index contributed by atoms with van der Waals surface area (Å²) < 4.78 is 26.9. The molecule has 0 spiro atoms. The van der Waals surface area contributed by atoms with E-state index >= 15 is 0 Å². The standard InChI is InChI=1S/C18H21F2NO/c19-14-4-3-13(17(20)9-14)10-21(15-5-6-15)18(22)16-8-11-1-2-12(16)7-11/h3-4,9,11-12,15-16H,1-2,5-8,10H2. The number of amides is 1. The SMILES string of the molecule is O=C(C1CC2CCC1C2)N(Cc1ccc(F)cc1F)C1CC1. The van der Waals surface area contributed by atoms with E-state index in [0.29, 0.717) is 11.5 Å². The molecule has 0 heterocycles. The van der Waals surface area contributed by atoms with Crippen LogP contribution in [0.5, 0.6) is 0 Å². The normalized spacial score (nSPS) is 29.8. The van der Waals surface area contributed by atoms with Gasteiger partial charge in [-0.3, -0.25) is 4.79 Å². The first-order valence-corrected chi connectivity index (χ1v) is 8.36. The second-order valence-corrected chi connectivity index (χ2v) is 7.21. The van der Waals surface area contributed by atoms with Crippen molar-refractivity contribution in [1.82, 2.24) is 4.90 Å². The van der Waals surface area contributed by atoms with Gasteiger partial charge in [0.15, 0.2) is 0 Å². The fraction of sp³-hybridized carbons (Fsp3) is 0.611. The van der Waals surface area contributed by atoms with E-state index in [-0.39, 0.29) is 24.4 Å². The van der Waals surface area contributed by atoms with Crippen LogP contribution in [0.1, 0.15) is 44.1 Å². The van der Waals surface area contributed by atoms with Crippen molar-refractivity contribution in [1.29, 1.82) is 0 Å². The zero-order valence-electron chi connectivity index (χ0n) is 12.6. The molecule has 0 N–H and O–H groups in total. The number of hydrogen-bond donors (Lipinski definition) is 0. The average molecular weight is 305 g/mol. The second kappa shape index (κ2) is 5.32. The number of nitrogens with zero attached hydrogens (tertiary/aromatic N) is 1. The Labute approximate surface area is 129 Å². The van der Waals surface area contributed by atoms with E-state index in [4.69, 9.17) is 0 Å². The summed E-state index contributed by atoms with van der Waals surface area (Å²) in [6, 6.07) is 3.90. The van der Waals surface area contributed by atoms with Gasteiger partial charge in [0.05, 0.1) is 0 Å². The number of carbonyl (C=O) groups is 1. The minimum atomic E-state index is -0.571. The van der Waals surface area contributed by atoms with Crippen molar-refractivity contribution < 1.29 is 13.6 Å². The third-order valence-electron chi connectivity index (χ3n) is 5.68. The molecule has 1 aromatic rings. The van der Waals surface area contributed by atoms with Gasteiger partial charge in [0.25, 0.3) is 0 Å². The van der Waals surface area contributed by atoms with Gasteiger partial charge in [-0.1, -0.05) is 12.5 Å². The molecule has 3 aliphatic carbocycles. The number of fused-ring (bicyclic) bond motifs is 2. The maximum absolute atomic E-state index is 13.9. The van der Waals surface area contributed by atoms with Gasteiger partial charge >= 0.3 is 0 Å². The lowest BCUT2D eigenvalue weighted by Gasteiger charge is -2.30. The molecular weight excluding hydrogens is 284 g/mol. The molecular formula is C18H21F2NO. The number of hydrogen-bond acceptors (Lipinski definition) is 1. The molecule has 0 aromatic heterocycles. The van der Waals surface area contributed by atoms with Crippen LogP contribution in [-0.4, -0.2) is 16.8 Å². The Morgan fingerprint density at radius 3 is 2.55 bits per heavy atom. The average Bonchev–Trinajstić information content (AvgIpc) is 3.11. The molecule has 3 aliphatic rings. The van der Waals surface area contributed by atoms with Gasteiger partial charge in [-0.15, -0.1) is 0 Å². The van der Waals surface area contributed by atoms with E-state index in [1.165, 1.54) is 31.4 Å². The maximum Gasteiger partial charge on any atom is 0.226 e. The zero-order chi connectivity index (χ0) is 15.3. The first kappa shape index (κ1) is 14.2. The summed E-state index contributed by atoms with van der Waals surface area (Å²) in [5.41, 5.74) is 0.421. The van der Waals surface area contributed by atoms with Crippen LogP contribution in [0.15, 0.2) is 18.2 Å². The zero-order valence-corrected chi connectivity index (χ0v) is 12.6. The predicted molar refractivity (Wildman–Crippen MR) is 78.9 cm³/mol. The van der Waals surface area contributed by atoms with Crippen molar-refractivity contribution in [2.45, 2.75) is 51.1 Å². The van der Waals surface area contributed by atoms with Gasteiger partial charge in [-0.2, -0.15) is 0 Å². The van der Waals surface area contributed by atoms with Crippen LogP contribution in [0.25, 0.3) is 0 Å². The van der Waals surface area contributed by atoms with E-state index in [0.717, 1.165) is 31.2 Å².